The zero-order valence-electron chi connectivity index (χ0n) is 23.2. The van der Waals surface area contributed by atoms with Gasteiger partial charge in [-0.05, 0) is 71.3 Å². The summed E-state index contributed by atoms with van der Waals surface area (Å²) in [7, 11) is 1.56. The van der Waals surface area contributed by atoms with Gasteiger partial charge in [0.2, 0.25) is 12.7 Å². The van der Waals surface area contributed by atoms with Crippen LogP contribution in [0.1, 0.15) is 43.4 Å². The van der Waals surface area contributed by atoms with Crippen LogP contribution in [0.4, 0.5) is 5.69 Å². The summed E-state index contributed by atoms with van der Waals surface area (Å²) < 4.78 is 16.4. The first kappa shape index (κ1) is 25.3. The fraction of sp³-hybridized carbons (Fsp3) is 0.171. The minimum absolute atomic E-state index is 0.0722. The second-order valence-corrected chi connectivity index (χ2v) is 11.1. The van der Waals surface area contributed by atoms with E-state index in [9.17, 15) is 14.4 Å². The summed E-state index contributed by atoms with van der Waals surface area (Å²) >= 11 is 0. The summed E-state index contributed by atoms with van der Waals surface area (Å²) in [5.74, 6) is -0.327. The van der Waals surface area contributed by atoms with Crippen molar-refractivity contribution in [2.24, 2.45) is 5.92 Å². The van der Waals surface area contributed by atoms with Crippen molar-refractivity contribution in [3.8, 4) is 17.2 Å². The molecule has 0 unspecified atom stereocenters. The molecule has 4 aromatic carbocycles. The summed E-state index contributed by atoms with van der Waals surface area (Å²) in [4.78, 5) is 46.1. The van der Waals surface area contributed by atoms with Gasteiger partial charge in [-0.25, -0.2) is 0 Å². The molecule has 1 fully saturated rings. The number of fused-ring (bicyclic) bond motifs is 7. The number of nitrogens with one attached hydrogen (secondary N) is 1. The van der Waals surface area contributed by atoms with Crippen LogP contribution >= 0.6 is 0 Å². The fourth-order valence-electron chi connectivity index (χ4n) is 7.32. The lowest BCUT2D eigenvalue weighted by molar-refractivity contribution is -0.122. The molecule has 8 rings (SSSR count). The topological polar surface area (TPSA) is 94.2 Å². The van der Waals surface area contributed by atoms with Gasteiger partial charge in [-0.1, -0.05) is 42.5 Å². The molecule has 4 aliphatic heterocycles. The highest BCUT2D eigenvalue weighted by molar-refractivity contribution is 6.16. The van der Waals surface area contributed by atoms with E-state index in [0.717, 1.165) is 11.1 Å². The quantitative estimate of drug-likeness (QED) is 0.321. The van der Waals surface area contributed by atoms with Crippen molar-refractivity contribution in [2.75, 3.05) is 19.2 Å². The van der Waals surface area contributed by atoms with Crippen LogP contribution in [0, 0.1) is 5.92 Å². The monoisotopic (exact) mass is 570 g/mol. The number of rotatable bonds is 5. The van der Waals surface area contributed by atoms with Crippen LogP contribution in [-0.4, -0.2) is 42.3 Å². The molecule has 4 aliphatic rings. The molecule has 0 bridgehead atoms. The molecular formula is C35H26N2O6. The normalized spacial score (nSPS) is 23.9. The third kappa shape index (κ3) is 3.46. The van der Waals surface area contributed by atoms with Gasteiger partial charge in [0, 0.05) is 23.0 Å². The van der Waals surface area contributed by atoms with Gasteiger partial charge in [0.1, 0.15) is 17.2 Å². The number of nitrogens with zero attached hydrogens (tertiary/aromatic N) is 1. The van der Waals surface area contributed by atoms with Gasteiger partial charge in [0.25, 0.3) is 0 Å². The first-order chi connectivity index (χ1) is 21.0. The molecule has 4 atom stereocenters. The molecule has 212 valence electrons. The minimum Gasteiger partial charge on any atom is -0.497 e. The molecule has 1 saturated heterocycles. The first-order valence-electron chi connectivity index (χ1n) is 14.1. The predicted octanol–water partition coefficient (Wildman–Crippen LogP) is 5.41. The van der Waals surface area contributed by atoms with Gasteiger partial charge in [-0.15, -0.1) is 0 Å². The van der Waals surface area contributed by atoms with E-state index < -0.39 is 23.4 Å². The number of para-hydroxylation sites is 1. The maximum absolute atomic E-state index is 14.9. The number of hydrogen-bond acceptors (Lipinski definition) is 7. The number of methoxy groups -OCH3 is 1. The van der Waals surface area contributed by atoms with Gasteiger partial charge in [-0.2, -0.15) is 0 Å². The van der Waals surface area contributed by atoms with E-state index in [2.05, 4.69) is 5.32 Å². The lowest BCUT2D eigenvalue weighted by Gasteiger charge is -2.38. The molecule has 1 amide bonds. The number of ether oxygens (including phenoxy) is 3. The van der Waals surface area contributed by atoms with Gasteiger partial charge in [-0.3, -0.25) is 14.4 Å². The van der Waals surface area contributed by atoms with Crippen LogP contribution in [0.15, 0.2) is 97.2 Å². The van der Waals surface area contributed by atoms with E-state index in [1.165, 1.54) is 0 Å². The predicted molar refractivity (Wildman–Crippen MR) is 158 cm³/mol. The Balaban J connectivity index is 1.39. The van der Waals surface area contributed by atoms with Crippen molar-refractivity contribution in [2.45, 2.75) is 17.5 Å². The third-order valence-electron chi connectivity index (χ3n) is 9.15. The van der Waals surface area contributed by atoms with Gasteiger partial charge in [0.05, 0.1) is 19.1 Å². The van der Waals surface area contributed by atoms with Crippen molar-refractivity contribution < 1.29 is 28.6 Å². The molecular weight excluding hydrogens is 544 g/mol. The summed E-state index contributed by atoms with van der Waals surface area (Å²) in [6.07, 6.45) is 3.80. The SMILES string of the molecule is COc1ccc(C(=O)[C@H]2[C@H](C(=O)c3ccc4c(c3)OCO4)N3C=Cc4ccccc4[C@@H]3[C@]23C(=O)Nc2ccccc23)cc1. The third-order valence-corrected chi connectivity index (χ3v) is 9.15. The zero-order valence-corrected chi connectivity index (χ0v) is 23.2. The number of benzene rings is 4. The number of Topliss-reactive ketones (excluding diaryl/α,β-unsaturated/α-hetero) is 2. The molecule has 1 N–H and O–H groups in total. The Morgan fingerprint density at radius 1 is 0.884 bits per heavy atom. The van der Waals surface area contributed by atoms with Crippen LogP contribution in [0.2, 0.25) is 0 Å². The van der Waals surface area contributed by atoms with E-state index in [-0.39, 0.29) is 24.3 Å². The van der Waals surface area contributed by atoms with E-state index in [0.29, 0.717) is 39.6 Å². The average Bonchev–Trinajstić information content (AvgIpc) is 3.73. The van der Waals surface area contributed by atoms with Crippen molar-refractivity contribution in [3.63, 3.8) is 0 Å². The van der Waals surface area contributed by atoms with Crippen molar-refractivity contribution in [1.82, 2.24) is 4.90 Å². The van der Waals surface area contributed by atoms with Gasteiger partial charge >= 0.3 is 0 Å². The van der Waals surface area contributed by atoms with E-state index >= 15 is 0 Å². The number of carbonyl (C=O) groups is 3. The summed E-state index contributed by atoms with van der Waals surface area (Å²) in [5, 5.41) is 3.07. The maximum atomic E-state index is 14.9. The van der Waals surface area contributed by atoms with Crippen LogP contribution in [0.5, 0.6) is 17.2 Å². The standard InChI is InChI=1S/C35H26N2O6/c1-41-23-13-10-21(11-14-23)31(38)29-30(32(39)22-12-15-27-28(18-22)43-19-42-27)37-17-16-20-6-2-3-7-24(20)33(37)35(29)25-8-4-5-9-26(25)36-34(35)40/h2-18,29-30,33H,19H2,1H3,(H,36,40)/t29-,30-,33-,35-/m1/s1. The Morgan fingerprint density at radius 3 is 2.47 bits per heavy atom. The Hall–Kier alpha value is -5.37. The van der Waals surface area contributed by atoms with Crippen molar-refractivity contribution in [1.29, 1.82) is 0 Å². The second kappa shape index (κ2) is 9.32. The summed E-state index contributed by atoms with van der Waals surface area (Å²) in [5.41, 5.74) is 2.53. The Bertz CT molecular complexity index is 1860. The molecule has 0 radical (unpaired) electrons. The number of carbonyl (C=O) groups excluding carboxylic acids is 3. The minimum atomic E-state index is -1.40. The van der Waals surface area contributed by atoms with Crippen LogP contribution < -0.4 is 19.5 Å². The lowest BCUT2D eigenvalue weighted by atomic mass is 9.62. The summed E-state index contributed by atoms with van der Waals surface area (Å²) in [6.45, 7) is 0.0722. The first-order valence-corrected chi connectivity index (χ1v) is 14.1. The van der Waals surface area contributed by atoms with Gasteiger partial charge in [0.15, 0.2) is 23.1 Å². The smallest absolute Gasteiger partial charge is 0.238 e. The second-order valence-electron chi connectivity index (χ2n) is 11.1. The van der Waals surface area contributed by atoms with E-state index in [1.807, 2.05) is 65.7 Å². The number of hydrogen-bond donors (Lipinski definition) is 1. The highest BCUT2D eigenvalue weighted by Gasteiger charge is 2.70. The Kier molecular flexibility index (Phi) is 5.50. The molecule has 0 saturated carbocycles. The van der Waals surface area contributed by atoms with Crippen molar-refractivity contribution in [3.05, 3.63) is 125 Å². The molecule has 1 spiro atoms. The fourth-order valence-corrected chi connectivity index (χ4v) is 7.32. The van der Waals surface area contributed by atoms with Crippen LogP contribution in [0.25, 0.3) is 6.08 Å². The molecule has 4 aromatic rings. The molecule has 0 aliphatic carbocycles. The van der Waals surface area contributed by atoms with Crippen molar-refractivity contribution >= 4 is 29.2 Å². The summed E-state index contributed by atoms with van der Waals surface area (Å²) in [6, 6.07) is 25.6. The van der Waals surface area contributed by atoms with E-state index in [1.54, 1.807) is 49.6 Å². The number of amides is 1. The Morgan fingerprint density at radius 2 is 1.63 bits per heavy atom. The van der Waals surface area contributed by atoms with Crippen LogP contribution in [-0.2, 0) is 10.2 Å². The van der Waals surface area contributed by atoms with Gasteiger partial charge < -0.3 is 24.4 Å². The highest BCUT2D eigenvalue weighted by Crippen LogP contribution is 2.62. The zero-order chi connectivity index (χ0) is 29.3. The molecule has 43 heavy (non-hydrogen) atoms. The lowest BCUT2D eigenvalue weighted by Crippen LogP contribution is -2.49. The molecule has 8 nitrogen and oxygen atoms in total. The number of ketones is 2. The largest absolute Gasteiger partial charge is 0.497 e. The average molecular weight is 571 g/mol. The van der Waals surface area contributed by atoms with Crippen LogP contribution in [0.3, 0.4) is 0 Å². The number of anilines is 1. The molecule has 4 heterocycles. The Labute approximate surface area is 247 Å². The molecule has 8 heteroatoms. The maximum Gasteiger partial charge on any atom is 0.238 e. The van der Waals surface area contributed by atoms with E-state index in [4.69, 9.17) is 14.2 Å². The molecule has 0 aromatic heterocycles. The highest BCUT2D eigenvalue weighted by atomic mass is 16.7.